The highest BCUT2D eigenvalue weighted by Crippen LogP contribution is 2.21. The van der Waals surface area contributed by atoms with E-state index < -0.39 is 17.9 Å². The smallest absolute Gasteiger partial charge is 0.329 e. The summed E-state index contributed by atoms with van der Waals surface area (Å²) in [4.78, 5) is 33.4. The van der Waals surface area contributed by atoms with Gasteiger partial charge in [0, 0.05) is 6.42 Å². The molecule has 2 atom stereocenters. The van der Waals surface area contributed by atoms with Crippen LogP contribution in [-0.2, 0) is 23.9 Å². The number of methoxy groups -OCH3 is 1. The van der Waals surface area contributed by atoms with Gasteiger partial charge in [-0.2, -0.15) is 0 Å². The first-order chi connectivity index (χ1) is 7.60. The number of carbonyl (C=O) groups is 3. The molecule has 1 rings (SSSR count). The number of amides is 1. The van der Waals surface area contributed by atoms with Gasteiger partial charge in [0.1, 0.15) is 6.04 Å². The van der Waals surface area contributed by atoms with Crippen LogP contribution in [0.2, 0.25) is 0 Å². The van der Waals surface area contributed by atoms with E-state index in [9.17, 15) is 14.4 Å². The molecule has 0 saturated carbocycles. The maximum absolute atomic E-state index is 11.2. The minimum atomic E-state index is -0.619. The van der Waals surface area contributed by atoms with Crippen molar-refractivity contribution in [2.75, 3.05) is 13.7 Å². The van der Waals surface area contributed by atoms with E-state index >= 15 is 0 Å². The van der Waals surface area contributed by atoms with Crippen LogP contribution >= 0.6 is 0 Å². The van der Waals surface area contributed by atoms with Gasteiger partial charge in [-0.25, -0.2) is 4.79 Å². The summed E-state index contributed by atoms with van der Waals surface area (Å²) in [5.74, 6) is -1.53. The van der Waals surface area contributed by atoms with Crippen molar-refractivity contribution in [1.82, 2.24) is 5.32 Å². The fourth-order valence-electron chi connectivity index (χ4n) is 1.57. The zero-order chi connectivity index (χ0) is 12.1. The van der Waals surface area contributed by atoms with E-state index in [0.29, 0.717) is 13.0 Å². The Hall–Kier alpha value is -1.59. The first-order valence-electron chi connectivity index (χ1n) is 5.14. The van der Waals surface area contributed by atoms with Gasteiger partial charge in [-0.3, -0.25) is 9.59 Å². The minimum absolute atomic E-state index is 0.138. The number of β-lactam (4-membered cyclic amide) rings is 1. The molecule has 0 bridgehead atoms. The lowest BCUT2D eigenvalue weighted by atomic mass is 9.86. The van der Waals surface area contributed by atoms with Crippen LogP contribution in [0.5, 0.6) is 0 Å². The SMILES string of the molecule is CCOC(=O)CCC1C(=O)NC1C(=O)OC. The monoisotopic (exact) mass is 229 g/mol. The number of nitrogens with one attached hydrogen (secondary N) is 1. The molecule has 1 amide bonds. The summed E-state index contributed by atoms with van der Waals surface area (Å²) in [5, 5.41) is 2.43. The molecule has 1 N–H and O–H groups in total. The largest absolute Gasteiger partial charge is 0.467 e. The predicted molar refractivity (Wildman–Crippen MR) is 53.3 cm³/mol. The summed E-state index contributed by atoms with van der Waals surface area (Å²) in [6.07, 6.45) is 0.448. The van der Waals surface area contributed by atoms with E-state index in [4.69, 9.17) is 4.74 Å². The lowest BCUT2D eigenvalue weighted by Crippen LogP contribution is -2.62. The van der Waals surface area contributed by atoms with Crippen molar-refractivity contribution in [2.24, 2.45) is 5.92 Å². The summed E-state index contributed by atoms with van der Waals surface area (Å²) in [7, 11) is 1.26. The van der Waals surface area contributed by atoms with Crippen LogP contribution in [0.3, 0.4) is 0 Å². The number of rotatable bonds is 5. The van der Waals surface area contributed by atoms with Crippen molar-refractivity contribution in [3.05, 3.63) is 0 Å². The van der Waals surface area contributed by atoms with Crippen LogP contribution in [0.15, 0.2) is 0 Å². The number of ether oxygens (including phenoxy) is 2. The Labute approximate surface area is 93.3 Å². The molecule has 6 nitrogen and oxygen atoms in total. The maximum atomic E-state index is 11.2. The zero-order valence-corrected chi connectivity index (χ0v) is 9.32. The standard InChI is InChI=1S/C10H15NO5/c1-3-16-7(12)5-4-6-8(10(14)15-2)11-9(6)13/h6,8H,3-5H2,1-2H3,(H,11,13). The summed E-state index contributed by atoms with van der Waals surface area (Å²) in [5.41, 5.74) is 0. The van der Waals surface area contributed by atoms with Crippen LogP contribution < -0.4 is 5.32 Å². The quantitative estimate of drug-likeness (QED) is 0.513. The third-order valence-corrected chi connectivity index (χ3v) is 2.46. The van der Waals surface area contributed by atoms with Crippen LogP contribution in [0, 0.1) is 5.92 Å². The van der Waals surface area contributed by atoms with Crippen molar-refractivity contribution in [1.29, 1.82) is 0 Å². The Balaban J connectivity index is 2.37. The van der Waals surface area contributed by atoms with Gasteiger partial charge in [0.05, 0.1) is 19.6 Å². The zero-order valence-electron chi connectivity index (χ0n) is 9.32. The molecule has 0 aliphatic carbocycles. The first kappa shape index (κ1) is 12.5. The van der Waals surface area contributed by atoms with Gasteiger partial charge in [-0.05, 0) is 13.3 Å². The highest BCUT2D eigenvalue weighted by atomic mass is 16.5. The summed E-state index contributed by atoms with van der Waals surface area (Å²) < 4.78 is 9.25. The molecule has 1 aliphatic rings. The molecule has 0 radical (unpaired) electrons. The maximum Gasteiger partial charge on any atom is 0.329 e. The highest BCUT2D eigenvalue weighted by molar-refractivity contribution is 5.97. The molecule has 0 aromatic heterocycles. The van der Waals surface area contributed by atoms with E-state index in [-0.39, 0.29) is 18.3 Å². The van der Waals surface area contributed by atoms with E-state index in [0.717, 1.165) is 0 Å². The van der Waals surface area contributed by atoms with Gasteiger partial charge < -0.3 is 14.8 Å². The van der Waals surface area contributed by atoms with E-state index in [2.05, 4.69) is 10.1 Å². The Bertz CT molecular complexity index is 302. The first-order valence-corrected chi connectivity index (χ1v) is 5.14. The molecule has 2 unspecified atom stereocenters. The summed E-state index contributed by atoms with van der Waals surface area (Å²) in [6, 6.07) is -0.619. The molecule has 1 heterocycles. The Kier molecular flexibility index (Phi) is 4.28. The summed E-state index contributed by atoms with van der Waals surface area (Å²) >= 11 is 0. The van der Waals surface area contributed by atoms with Gasteiger partial charge in [0.25, 0.3) is 0 Å². The third-order valence-electron chi connectivity index (χ3n) is 2.46. The fraction of sp³-hybridized carbons (Fsp3) is 0.700. The average molecular weight is 229 g/mol. The second-order valence-electron chi connectivity index (χ2n) is 3.46. The molecule has 16 heavy (non-hydrogen) atoms. The Morgan fingerprint density at radius 2 is 2.12 bits per heavy atom. The second-order valence-corrected chi connectivity index (χ2v) is 3.46. The molecule has 0 aromatic rings. The number of carbonyl (C=O) groups excluding carboxylic acids is 3. The average Bonchev–Trinajstić information content (AvgIpc) is 2.25. The van der Waals surface area contributed by atoms with E-state index in [1.165, 1.54) is 7.11 Å². The van der Waals surface area contributed by atoms with Crippen LogP contribution in [-0.4, -0.2) is 37.6 Å². The van der Waals surface area contributed by atoms with Gasteiger partial charge in [0.15, 0.2) is 0 Å². The van der Waals surface area contributed by atoms with Crippen molar-refractivity contribution < 1.29 is 23.9 Å². The number of esters is 2. The van der Waals surface area contributed by atoms with Crippen molar-refractivity contribution in [3.8, 4) is 0 Å². The number of hydrogen-bond acceptors (Lipinski definition) is 5. The van der Waals surface area contributed by atoms with Crippen LogP contribution in [0.4, 0.5) is 0 Å². The van der Waals surface area contributed by atoms with E-state index in [1.807, 2.05) is 0 Å². The molecule has 1 aliphatic heterocycles. The van der Waals surface area contributed by atoms with Gasteiger partial charge >= 0.3 is 11.9 Å². The highest BCUT2D eigenvalue weighted by Gasteiger charge is 2.44. The number of hydrogen-bond donors (Lipinski definition) is 1. The van der Waals surface area contributed by atoms with Crippen LogP contribution in [0.25, 0.3) is 0 Å². The molecule has 0 spiro atoms. The van der Waals surface area contributed by atoms with Crippen molar-refractivity contribution in [2.45, 2.75) is 25.8 Å². The van der Waals surface area contributed by atoms with Gasteiger partial charge in [0.2, 0.25) is 5.91 Å². The Morgan fingerprint density at radius 1 is 1.44 bits per heavy atom. The normalized spacial score (nSPS) is 23.0. The van der Waals surface area contributed by atoms with Crippen molar-refractivity contribution >= 4 is 17.8 Å². The molecule has 6 heteroatoms. The fourth-order valence-corrected chi connectivity index (χ4v) is 1.57. The Morgan fingerprint density at radius 3 is 2.62 bits per heavy atom. The summed E-state index contributed by atoms with van der Waals surface area (Å²) in [6.45, 7) is 2.03. The molecule has 0 aromatic carbocycles. The van der Waals surface area contributed by atoms with Crippen LogP contribution in [0.1, 0.15) is 19.8 Å². The second kappa shape index (κ2) is 5.48. The minimum Gasteiger partial charge on any atom is -0.467 e. The molecular formula is C10H15NO5. The molecule has 1 fully saturated rings. The topological polar surface area (TPSA) is 81.7 Å². The lowest BCUT2D eigenvalue weighted by Gasteiger charge is -2.34. The molecule has 90 valence electrons. The molecular weight excluding hydrogens is 214 g/mol. The lowest BCUT2D eigenvalue weighted by molar-refractivity contribution is -0.156. The van der Waals surface area contributed by atoms with Gasteiger partial charge in [-0.15, -0.1) is 0 Å². The van der Waals surface area contributed by atoms with Crippen molar-refractivity contribution in [3.63, 3.8) is 0 Å². The third kappa shape index (κ3) is 2.71. The molecule has 1 saturated heterocycles. The van der Waals surface area contributed by atoms with E-state index in [1.54, 1.807) is 6.92 Å². The predicted octanol–water partition coefficient (Wildman–Crippen LogP) is -0.383. The van der Waals surface area contributed by atoms with Gasteiger partial charge in [-0.1, -0.05) is 0 Å².